The molecule has 1 N–H and O–H groups in total. The molecule has 0 atom stereocenters. The lowest BCUT2D eigenvalue weighted by Gasteiger charge is -2.43. The number of likely N-dealkylation sites (tertiary alicyclic amines) is 1. The minimum Gasteiger partial charge on any atom is -0.460 e. The van der Waals surface area contributed by atoms with Crippen LogP contribution in [-0.4, -0.2) is 75.2 Å². The van der Waals surface area contributed by atoms with Gasteiger partial charge in [0, 0.05) is 62.9 Å². The number of thiazole rings is 1. The molecule has 10 nitrogen and oxygen atoms in total. The molecule has 3 amide bonds. The molecule has 5 rings (SSSR count). The first kappa shape index (κ1) is 30.6. The van der Waals surface area contributed by atoms with E-state index in [0.29, 0.717) is 51.3 Å². The Hall–Kier alpha value is -3.86. The Bertz CT molecular complexity index is 1430. The highest BCUT2D eigenvalue weighted by molar-refractivity contribution is 7.09. The number of hydrogen-bond donors (Lipinski definition) is 1. The average molecular weight is 606 g/mol. The maximum absolute atomic E-state index is 13.2. The zero-order valence-electron chi connectivity index (χ0n) is 25.1. The van der Waals surface area contributed by atoms with Gasteiger partial charge in [-0.1, -0.05) is 11.6 Å². The molecule has 228 valence electrons. The molecule has 2 aromatic heterocycles. The van der Waals surface area contributed by atoms with Crippen LogP contribution in [-0.2, 0) is 36.8 Å². The molecule has 0 aliphatic carbocycles. The molecule has 1 spiro atoms. The van der Waals surface area contributed by atoms with E-state index in [-0.39, 0.29) is 36.5 Å². The summed E-state index contributed by atoms with van der Waals surface area (Å²) < 4.78 is 5.31. The lowest BCUT2D eigenvalue weighted by Crippen LogP contribution is -2.51. The van der Waals surface area contributed by atoms with Gasteiger partial charge < -0.3 is 19.9 Å². The number of rotatable bonds is 7. The predicted molar refractivity (Wildman–Crippen MR) is 164 cm³/mol. The summed E-state index contributed by atoms with van der Waals surface area (Å²) in [6.45, 7) is 7.56. The van der Waals surface area contributed by atoms with Gasteiger partial charge in [-0.2, -0.15) is 0 Å². The number of pyridine rings is 1. The van der Waals surface area contributed by atoms with Crippen LogP contribution in [0.2, 0.25) is 0 Å². The van der Waals surface area contributed by atoms with Crippen molar-refractivity contribution < 1.29 is 23.9 Å². The molecule has 3 aliphatic rings. The van der Waals surface area contributed by atoms with E-state index in [0.717, 1.165) is 29.0 Å². The first-order valence-corrected chi connectivity index (χ1v) is 15.7. The summed E-state index contributed by atoms with van der Waals surface area (Å²) in [6, 6.07) is 1.98. The number of amides is 3. The number of piperidine rings is 1. The van der Waals surface area contributed by atoms with Crippen molar-refractivity contribution in [1.29, 1.82) is 0 Å². The monoisotopic (exact) mass is 605 g/mol. The second-order valence-corrected chi connectivity index (χ2v) is 13.5. The van der Waals surface area contributed by atoms with Crippen molar-refractivity contribution in [3.05, 3.63) is 57.7 Å². The quantitative estimate of drug-likeness (QED) is 0.286. The Morgan fingerprint density at radius 2 is 1.91 bits per heavy atom. The van der Waals surface area contributed by atoms with Crippen molar-refractivity contribution in [3.63, 3.8) is 0 Å². The zero-order chi connectivity index (χ0) is 30.6. The summed E-state index contributed by atoms with van der Waals surface area (Å²) in [4.78, 5) is 63.2. The molecule has 2 aromatic rings. The van der Waals surface area contributed by atoms with Crippen molar-refractivity contribution >= 4 is 46.9 Å². The molecule has 43 heavy (non-hydrogen) atoms. The van der Waals surface area contributed by atoms with Crippen molar-refractivity contribution in [1.82, 2.24) is 19.8 Å². The molecule has 3 aliphatic heterocycles. The number of fused-ring (bicyclic) bond motifs is 1. The number of ether oxygens (including phenoxy) is 1. The molecular formula is C32H39N5O5S. The molecule has 0 radical (unpaired) electrons. The topological polar surface area (TPSA) is 122 Å². The number of nitrogens with one attached hydrogen (secondary N) is 1. The van der Waals surface area contributed by atoms with Crippen LogP contribution in [0.4, 0.5) is 5.82 Å². The zero-order valence-corrected chi connectivity index (χ0v) is 25.9. The Morgan fingerprint density at radius 1 is 1.12 bits per heavy atom. The fraction of sp³-hybridized carbons (Fsp3) is 0.500. The van der Waals surface area contributed by atoms with Gasteiger partial charge in [0.25, 0.3) is 0 Å². The summed E-state index contributed by atoms with van der Waals surface area (Å²) in [5.41, 5.74) is 1.83. The Kier molecular flexibility index (Phi) is 9.10. The molecule has 0 aromatic carbocycles. The normalized spacial score (nSPS) is 18.3. The number of carbonyl (C=O) groups excluding carboxylic acids is 4. The number of anilines is 1. The maximum Gasteiger partial charge on any atom is 0.306 e. The number of hydrogen-bond acceptors (Lipinski definition) is 8. The van der Waals surface area contributed by atoms with Gasteiger partial charge in [-0.3, -0.25) is 19.2 Å². The van der Waals surface area contributed by atoms with Crippen molar-refractivity contribution in [2.45, 2.75) is 71.3 Å². The fourth-order valence-electron chi connectivity index (χ4n) is 5.78. The van der Waals surface area contributed by atoms with Gasteiger partial charge in [-0.25, -0.2) is 9.97 Å². The highest BCUT2D eigenvalue weighted by atomic mass is 32.1. The molecule has 1 fully saturated rings. The molecule has 5 heterocycles. The molecule has 1 saturated heterocycles. The van der Waals surface area contributed by atoms with Gasteiger partial charge in [0.2, 0.25) is 17.7 Å². The minimum atomic E-state index is -0.620. The van der Waals surface area contributed by atoms with E-state index in [1.165, 1.54) is 5.57 Å². The Morgan fingerprint density at radius 3 is 2.58 bits per heavy atom. The van der Waals surface area contributed by atoms with Crippen molar-refractivity contribution in [2.24, 2.45) is 5.41 Å². The van der Waals surface area contributed by atoms with Crippen molar-refractivity contribution in [2.75, 3.05) is 31.5 Å². The van der Waals surface area contributed by atoms with Crippen LogP contribution in [0.15, 0.2) is 41.6 Å². The molecule has 0 bridgehead atoms. The van der Waals surface area contributed by atoms with Gasteiger partial charge in [0.1, 0.15) is 11.4 Å². The predicted octanol–water partition coefficient (Wildman–Crippen LogP) is 4.18. The van der Waals surface area contributed by atoms with Crippen LogP contribution in [0.25, 0.3) is 6.08 Å². The van der Waals surface area contributed by atoms with Gasteiger partial charge in [0.15, 0.2) is 0 Å². The maximum atomic E-state index is 13.2. The van der Waals surface area contributed by atoms with E-state index >= 15 is 0 Å². The second-order valence-electron chi connectivity index (χ2n) is 12.5. The molecular weight excluding hydrogens is 566 g/mol. The number of nitrogens with zero attached hydrogens (tertiary/aromatic N) is 4. The van der Waals surface area contributed by atoms with E-state index in [2.05, 4.69) is 21.4 Å². The van der Waals surface area contributed by atoms with Crippen LogP contribution in [0.5, 0.6) is 0 Å². The fourth-order valence-corrected chi connectivity index (χ4v) is 6.45. The van der Waals surface area contributed by atoms with Gasteiger partial charge in [0.05, 0.1) is 16.8 Å². The Balaban J connectivity index is 1.14. The third-order valence-electron chi connectivity index (χ3n) is 8.16. The third kappa shape index (κ3) is 7.76. The standard InChI is InChI=1S/C32H39N5O5S/c1-31(2,3)42-28(40)7-6-27(39)37-15-10-32(11-16-37)20-24-18-23(21-34-29(24)35-30(32)41)4-5-26(38)36-13-8-22(9-14-36)19-25-33-12-17-43-25/h4-5,8,12,17-18,21H,6-7,9-11,13-16,19-20H2,1-3H3,(H,34,35,41)/b5-4+. The average Bonchev–Trinajstić information content (AvgIpc) is 3.48. The van der Waals surface area contributed by atoms with E-state index < -0.39 is 11.0 Å². The van der Waals surface area contributed by atoms with Gasteiger partial charge in [-0.05, 0) is 69.7 Å². The highest BCUT2D eigenvalue weighted by Crippen LogP contribution is 2.41. The summed E-state index contributed by atoms with van der Waals surface area (Å²) in [5, 5.41) is 6.04. The lowest BCUT2D eigenvalue weighted by atomic mass is 9.71. The first-order valence-electron chi connectivity index (χ1n) is 14.8. The van der Waals surface area contributed by atoms with Crippen molar-refractivity contribution in [3.8, 4) is 0 Å². The molecule has 11 heteroatoms. The highest BCUT2D eigenvalue weighted by Gasteiger charge is 2.45. The Labute approximate surface area is 256 Å². The third-order valence-corrected chi connectivity index (χ3v) is 8.94. The van der Waals surface area contributed by atoms with E-state index in [9.17, 15) is 19.2 Å². The van der Waals surface area contributed by atoms with Gasteiger partial charge >= 0.3 is 5.97 Å². The van der Waals surface area contributed by atoms with Crippen LogP contribution in [0.3, 0.4) is 0 Å². The number of esters is 1. The van der Waals surface area contributed by atoms with Gasteiger partial charge in [-0.15, -0.1) is 11.3 Å². The summed E-state index contributed by atoms with van der Waals surface area (Å²) in [5.74, 6) is -0.0592. The van der Waals surface area contributed by atoms with E-state index in [1.54, 1.807) is 55.4 Å². The molecule has 0 unspecified atom stereocenters. The lowest BCUT2D eigenvalue weighted by molar-refractivity contribution is -0.156. The minimum absolute atomic E-state index is 0.0406. The SMILES string of the molecule is CC(C)(C)OC(=O)CCC(=O)N1CCC2(CC1)Cc1cc(/C=C/C(=O)N3CC=C(Cc4nccs4)CC3)cnc1NC2=O. The molecule has 0 saturated carbocycles. The van der Waals surface area contributed by atoms with Crippen LogP contribution >= 0.6 is 11.3 Å². The summed E-state index contributed by atoms with van der Waals surface area (Å²) in [6.07, 6.45) is 12.4. The largest absolute Gasteiger partial charge is 0.460 e. The summed E-state index contributed by atoms with van der Waals surface area (Å²) >= 11 is 1.65. The van der Waals surface area contributed by atoms with Crippen LogP contribution < -0.4 is 5.32 Å². The number of carbonyl (C=O) groups is 4. The van der Waals surface area contributed by atoms with E-state index in [1.807, 2.05) is 22.5 Å². The van der Waals surface area contributed by atoms with E-state index in [4.69, 9.17) is 4.74 Å². The van der Waals surface area contributed by atoms with Crippen LogP contribution in [0, 0.1) is 5.41 Å². The summed E-state index contributed by atoms with van der Waals surface area (Å²) in [7, 11) is 0. The smallest absolute Gasteiger partial charge is 0.306 e. The van der Waals surface area contributed by atoms with Crippen LogP contribution in [0.1, 0.15) is 69.0 Å². The second kappa shape index (κ2) is 12.8. The number of aromatic nitrogens is 2. The first-order chi connectivity index (χ1) is 20.5.